The molecule has 0 aliphatic carbocycles. The van der Waals surface area contributed by atoms with E-state index in [1.54, 1.807) is 5.38 Å². The minimum Gasteiger partial charge on any atom is -0.351 e. The Labute approximate surface area is 163 Å². The van der Waals surface area contributed by atoms with Crippen LogP contribution in [0.1, 0.15) is 52.8 Å². The summed E-state index contributed by atoms with van der Waals surface area (Å²) in [6, 6.07) is 0. The molecule has 1 amide bonds. The minimum absolute atomic E-state index is 0. The molecule has 0 atom stereocenters. The maximum Gasteiger partial charge on any atom is 0.270 e. The van der Waals surface area contributed by atoms with Crippen LogP contribution in [0.2, 0.25) is 0 Å². The summed E-state index contributed by atoms with van der Waals surface area (Å²) in [5.74, 6) is 2.01. The molecule has 3 N–H and O–H groups in total. The monoisotopic (exact) mass is 406 g/mol. The van der Waals surface area contributed by atoms with Crippen molar-refractivity contribution < 1.29 is 4.79 Å². The number of nitrogens with two attached hydrogens (primary N) is 1. The van der Waals surface area contributed by atoms with Crippen molar-refractivity contribution in [1.82, 2.24) is 25.1 Å². The third-order valence-electron chi connectivity index (χ3n) is 4.01. The van der Waals surface area contributed by atoms with Crippen molar-refractivity contribution in [3.63, 3.8) is 0 Å². The molecule has 0 saturated carbocycles. The molecule has 3 heterocycles. The van der Waals surface area contributed by atoms with Gasteiger partial charge in [0.05, 0.1) is 0 Å². The Kier molecular flexibility index (Phi) is 9.34. The van der Waals surface area contributed by atoms with E-state index in [-0.39, 0.29) is 30.7 Å². The van der Waals surface area contributed by atoms with Gasteiger partial charge in [-0.25, -0.2) is 4.98 Å². The number of fused-ring (bicyclic) bond motifs is 1. The quantitative estimate of drug-likeness (QED) is 0.715. The third-order valence-corrected chi connectivity index (χ3v) is 4.88. The zero-order chi connectivity index (χ0) is 16.1. The van der Waals surface area contributed by atoms with E-state index >= 15 is 0 Å². The van der Waals surface area contributed by atoms with Gasteiger partial charge < -0.3 is 15.6 Å². The first kappa shape index (κ1) is 21.8. The molecule has 140 valence electrons. The van der Waals surface area contributed by atoms with Crippen molar-refractivity contribution in [2.24, 2.45) is 5.73 Å². The number of nitrogens with one attached hydrogen (secondary N) is 1. The summed E-state index contributed by atoms with van der Waals surface area (Å²) in [4.78, 5) is 16.2. The number of carbonyl (C=O) groups excluding carboxylic acids is 1. The molecule has 2 aromatic rings. The van der Waals surface area contributed by atoms with E-state index in [0.29, 0.717) is 18.8 Å². The molecule has 0 radical (unpaired) electrons. The summed E-state index contributed by atoms with van der Waals surface area (Å²) in [6.45, 7) is 2.00. The molecule has 0 unspecified atom stereocenters. The summed E-state index contributed by atoms with van der Waals surface area (Å²) in [7, 11) is 0. The van der Waals surface area contributed by atoms with Crippen molar-refractivity contribution in [1.29, 1.82) is 0 Å². The molecule has 0 aromatic carbocycles. The molecule has 1 aliphatic rings. The van der Waals surface area contributed by atoms with Crippen LogP contribution >= 0.6 is 36.2 Å². The van der Waals surface area contributed by atoms with Crippen LogP contribution in [0.4, 0.5) is 0 Å². The minimum atomic E-state index is -0.138. The van der Waals surface area contributed by atoms with Gasteiger partial charge in [0.15, 0.2) is 0 Å². The predicted octanol–water partition coefficient (Wildman–Crippen LogP) is 2.13. The smallest absolute Gasteiger partial charge is 0.270 e. The third kappa shape index (κ3) is 5.64. The van der Waals surface area contributed by atoms with Gasteiger partial charge in [-0.3, -0.25) is 4.79 Å². The fourth-order valence-electron chi connectivity index (χ4n) is 2.78. The van der Waals surface area contributed by atoms with Crippen LogP contribution in [0.25, 0.3) is 0 Å². The molecule has 0 bridgehead atoms. The second kappa shape index (κ2) is 10.7. The van der Waals surface area contributed by atoms with Gasteiger partial charge in [-0.05, 0) is 19.3 Å². The number of hydrogen-bond donors (Lipinski definition) is 2. The number of carbonyl (C=O) groups is 1. The van der Waals surface area contributed by atoms with Gasteiger partial charge in [-0.1, -0.05) is 6.42 Å². The number of thiazole rings is 1. The number of rotatable bonds is 6. The summed E-state index contributed by atoms with van der Waals surface area (Å²) in [6.07, 6.45) is 6.36. The van der Waals surface area contributed by atoms with Crippen LogP contribution in [0.15, 0.2) is 5.38 Å². The lowest BCUT2D eigenvalue weighted by molar-refractivity contribution is 0.0948. The molecule has 0 spiro atoms. The maximum absolute atomic E-state index is 12.0. The van der Waals surface area contributed by atoms with Crippen molar-refractivity contribution >= 4 is 42.1 Å². The zero-order valence-electron chi connectivity index (χ0n) is 13.9. The van der Waals surface area contributed by atoms with Crippen molar-refractivity contribution in [3.8, 4) is 0 Å². The zero-order valence-corrected chi connectivity index (χ0v) is 16.4. The molecule has 2 aromatic heterocycles. The van der Waals surface area contributed by atoms with Crippen LogP contribution in [0.3, 0.4) is 0 Å². The normalized spacial score (nSPS) is 13.2. The Balaban J connectivity index is 0.00000156. The topological polar surface area (TPSA) is 98.7 Å². The first-order valence-corrected chi connectivity index (χ1v) is 8.99. The molecule has 3 rings (SSSR count). The molecule has 25 heavy (non-hydrogen) atoms. The van der Waals surface area contributed by atoms with Crippen molar-refractivity contribution in [3.05, 3.63) is 27.7 Å². The molecule has 0 fully saturated rings. The summed E-state index contributed by atoms with van der Waals surface area (Å²) >= 11 is 1.41. The van der Waals surface area contributed by atoms with E-state index in [2.05, 4.69) is 25.1 Å². The van der Waals surface area contributed by atoms with Gasteiger partial charge in [0.25, 0.3) is 5.91 Å². The SMILES string of the molecule is Cl.Cl.NCc1nc(C(=O)NCCCc2nnc3n2CCCCC3)cs1. The number of aryl methyl sites for hydroxylation is 2. The molecular weight excluding hydrogens is 383 g/mol. The van der Waals surface area contributed by atoms with Gasteiger partial charge in [0, 0.05) is 37.9 Å². The van der Waals surface area contributed by atoms with E-state index in [0.717, 1.165) is 42.5 Å². The largest absolute Gasteiger partial charge is 0.351 e. The Morgan fingerprint density at radius 3 is 2.88 bits per heavy atom. The van der Waals surface area contributed by atoms with Gasteiger partial charge in [0.1, 0.15) is 22.4 Å². The van der Waals surface area contributed by atoms with E-state index in [1.165, 1.54) is 30.6 Å². The molecule has 7 nitrogen and oxygen atoms in total. The van der Waals surface area contributed by atoms with Gasteiger partial charge >= 0.3 is 0 Å². The van der Waals surface area contributed by atoms with Crippen molar-refractivity contribution in [2.75, 3.05) is 6.54 Å². The van der Waals surface area contributed by atoms with E-state index in [9.17, 15) is 4.79 Å². The van der Waals surface area contributed by atoms with Gasteiger partial charge in [-0.2, -0.15) is 0 Å². The highest BCUT2D eigenvalue weighted by atomic mass is 35.5. The lowest BCUT2D eigenvalue weighted by Gasteiger charge is -2.07. The lowest BCUT2D eigenvalue weighted by Crippen LogP contribution is -2.25. The van der Waals surface area contributed by atoms with Crippen LogP contribution in [0.5, 0.6) is 0 Å². The number of amides is 1. The second-order valence-electron chi connectivity index (χ2n) is 5.68. The highest BCUT2D eigenvalue weighted by Crippen LogP contribution is 2.15. The summed E-state index contributed by atoms with van der Waals surface area (Å²) < 4.78 is 2.25. The van der Waals surface area contributed by atoms with E-state index in [1.807, 2.05) is 0 Å². The van der Waals surface area contributed by atoms with Crippen LogP contribution < -0.4 is 11.1 Å². The number of hydrogen-bond acceptors (Lipinski definition) is 6. The van der Waals surface area contributed by atoms with Crippen molar-refractivity contribution in [2.45, 2.75) is 51.6 Å². The second-order valence-corrected chi connectivity index (χ2v) is 6.63. The maximum atomic E-state index is 12.0. The lowest BCUT2D eigenvalue weighted by atomic mass is 10.2. The first-order valence-electron chi connectivity index (χ1n) is 8.11. The average molecular weight is 407 g/mol. The van der Waals surface area contributed by atoms with Crippen LogP contribution in [-0.2, 0) is 25.9 Å². The Hall–Kier alpha value is -1.22. The Morgan fingerprint density at radius 1 is 1.28 bits per heavy atom. The first-order chi connectivity index (χ1) is 11.3. The highest BCUT2D eigenvalue weighted by Gasteiger charge is 2.14. The van der Waals surface area contributed by atoms with Gasteiger partial charge in [-0.15, -0.1) is 46.3 Å². The van der Waals surface area contributed by atoms with Gasteiger partial charge in [0.2, 0.25) is 0 Å². The summed E-state index contributed by atoms with van der Waals surface area (Å²) in [5.41, 5.74) is 5.96. The van der Waals surface area contributed by atoms with Crippen LogP contribution in [0, 0.1) is 0 Å². The number of nitrogens with zero attached hydrogens (tertiary/aromatic N) is 4. The molecule has 10 heteroatoms. The highest BCUT2D eigenvalue weighted by molar-refractivity contribution is 7.09. The van der Waals surface area contributed by atoms with Crippen LogP contribution in [-0.4, -0.2) is 32.2 Å². The number of aromatic nitrogens is 4. The van der Waals surface area contributed by atoms with E-state index < -0.39 is 0 Å². The average Bonchev–Trinajstić information content (AvgIpc) is 3.13. The fourth-order valence-corrected chi connectivity index (χ4v) is 3.43. The fraction of sp³-hybridized carbons (Fsp3) is 0.600. The van der Waals surface area contributed by atoms with E-state index in [4.69, 9.17) is 5.73 Å². The Morgan fingerprint density at radius 2 is 2.12 bits per heavy atom. The predicted molar refractivity (Wildman–Crippen MR) is 103 cm³/mol. The molecule has 1 aliphatic heterocycles. The summed E-state index contributed by atoms with van der Waals surface area (Å²) in [5, 5.41) is 14.0. The molecular formula is C15H24Cl2N6OS. The Bertz CT molecular complexity index is 675. The standard InChI is InChI=1S/C15H22N6OS.2ClH/c16-9-14-18-11(10-23-14)15(22)17-7-4-6-13-20-19-12-5-2-1-3-8-21(12)13;;/h10H,1-9,16H2,(H,17,22);2*1H. The molecule has 0 saturated heterocycles. The number of halogens is 2.